The SMILES string of the molecule is O=C(NCC(c1ccc(Cl)cc1)N1CCOCC1)c1cc(F)ccc1Br. The number of halogens is 3. The van der Waals surface area contributed by atoms with Gasteiger partial charge in [-0.25, -0.2) is 4.39 Å². The summed E-state index contributed by atoms with van der Waals surface area (Å²) in [6.45, 7) is 3.30. The number of amides is 1. The van der Waals surface area contributed by atoms with Crippen LogP contribution in [0.1, 0.15) is 22.0 Å². The van der Waals surface area contributed by atoms with Gasteiger partial charge in [0.05, 0.1) is 24.8 Å². The number of benzene rings is 2. The molecular weight excluding hydrogens is 423 g/mol. The molecule has 26 heavy (non-hydrogen) atoms. The number of nitrogens with zero attached hydrogens (tertiary/aromatic N) is 1. The maximum absolute atomic E-state index is 13.5. The van der Waals surface area contributed by atoms with Crippen molar-refractivity contribution in [2.75, 3.05) is 32.8 Å². The first-order valence-corrected chi connectivity index (χ1v) is 9.52. The molecule has 0 aromatic heterocycles. The van der Waals surface area contributed by atoms with Gasteiger partial charge in [-0.3, -0.25) is 9.69 Å². The lowest BCUT2D eigenvalue weighted by Gasteiger charge is -2.35. The molecule has 0 bridgehead atoms. The van der Waals surface area contributed by atoms with E-state index < -0.39 is 5.82 Å². The molecule has 1 saturated heterocycles. The molecule has 1 aliphatic heterocycles. The molecular formula is C19H19BrClFN2O2. The van der Waals surface area contributed by atoms with Crippen LogP contribution in [-0.4, -0.2) is 43.7 Å². The molecule has 7 heteroatoms. The fourth-order valence-electron chi connectivity index (χ4n) is 2.99. The summed E-state index contributed by atoms with van der Waals surface area (Å²) in [5.74, 6) is -0.760. The summed E-state index contributed by atoms with van der Waals surface area (Å²) in [7, 11) is 0. The third kappa shape index (κ3) is 4.82. The molecule has 1 amide bonds. The number of rotatable bonds is 5. The zero-order valence-electron chi connectivity index (χ0n) is 14.1. The van der Waals surface area contributed by atoms with Crippen LogP contribution in [0.5, 0.6) is 0 Å². The molecule has 1 aliphatic rings. The molecule has 1 atom stereocenters. The van der Waals surface area contributed by atoms with Crippen molar-refractivity contribution < 1.29 is 13.9 Å². The molecule has 3 rings (SSSR count). The van der Waals surface area contributed by atoms with Gasteiger partial charge in [-0.15, -0.1) is 0 Å². The first-order valence-electron chi connectivity index (χ1n) is 8.35. The quantitative estimate of drug-likeness (QED) is 0.761. The zero-order chi connectivity index (χ0) is 18.5. The second kappa shape index (κ2) is 8.95. The van der Waals surface area contributed by atoms with Crippen molar-refractivity contribution in [3.05, 3.63) is 68.9 Å². The molecule has 138 valence electrons. The molecule has 2 aromatic carbocycles. The highest BCUT2D eigenvalue weighted by Crippen LogP contribution is 2.24. The Morgan fingerprint density at radius 1 is 1.23 bits per heavy atom. The van der Waals surface area contributed by atoms with Crippen molar-refractivity contribution in [3.63, 3.8) is 0 Å². The topological polar surface area (TPSA) is 41.6 Å². The van der Waals surface area contributed by atoms with Crippen LogP contribution < -0.4 is 5.32 Å². The molecule has 0 radical (unpaired) electrons. The molecule has 0 saturated carbocycles. The van der Waals surface area contributed by atoms with Crippen LogP contribution in [0.25, 0.3) is 0 Å². The Balaban J connectivity index is 1.75. The van der Waals surface area contributed by atoms with Crippen molar-refractivity contribution in [2.45, 2.75) is 6.04 Å². The van der Waals surface area contributed by atoms with Crippen molar-refractivity contribution in [1.82, 2.24) is 10.2 Å². The van der Waals surface area contributed by atoms with Crippen LogP contribution in [-0.2, 0) is 4.74 Å². The van der Waals surface area contributed by atoms with E-state index in [0.29, 0.717) is 29.3 Å². The van der Waals surface area contributed by atoms with Crippen molar-refractivity contribution in [3.8, 4) is 0 Å². The Morgan fingerprint density at radius 3 is 2.62 bits per heavy atom. The van der Waals surface area contributed by atoms with Crippen LogP contribution >= 0.6 is 27.5 Å². The molecule has 1 fully saturated rings. The van der Waals surface area contributed by atoms with E-state index in [1.807, 2.05) is 24.3 Å². The first kappa shape index (κ1) is 19.3. The fourth-order valence-corrected chi connectivity index (χ4v) is 3.54. The van der Waals surface area contributed by atoms with Gasteiger partial charge in [0.25, 0.3) is 5.91 Å². The van der Waals surface area contributed by atoms with E-state index in [0.717, 1.165) is 18.7 Å². The Labute approximate surface area is 165 Å². The lowest BCUT2D eigenvalue weighted by molar-refractivity contribution is 0.0162. The minimum Gasteiger partial charge on any atom is -0.379 e. The van der Waals surface area contributed by atoms with E-state index in [-0.39, 0.29) is 17.5 Å². The van der Waals surface area contributed by atoms with Crippen LogP contribution in [0.4, 0.5) is 4.39 Å². The largest absolute Gasteiger partial charge is 0.379 e. The molecule has 2 aromatic rings. The zero-order valence-corrected chi connectivity index (χ0v) is 16.4. The second-order valence-electron chi connectivity index (χ2n) is 6.05. The standard InChI is InChI=1S/C19H19BrClFN2O2/c20-17-6-5-15(22)11-16(17)19(25)23-12-18(24-7-9-26-10-8-24)13-1-3-14(21)4-2-13/h1-6,11,18H,7-10,12H2,(H,23,25). The molecule has 4 nitrogen and oxygen atoms in total. The minimum absolute atomic E-state index is 0.00699. The van der Waals surface area contributed by atoms with Crippen LogP contribution in [0.3, 0.4) is 0 Å². The predicted molar refractivity (Wildman–Crippen MR) is 103 cm³/mol. The number of carbonyl (C=O) groups excluding carboxylic acids is 1. The van der Waals surface area contributed by atoms with Gasteiger partial charge >= 0.3 is 0 Å². The number of carbonyl (C=O) groups is 1. The Morgan fingerprint density at radius 2 is 1.92 bits per heavy atom. The second-order valence-corrected chi connectivity index (χ2v) is 7.34. The summed E-state index contributed by atoms with van der Waals surface area (Å²) in [6.07, 6.45) is 0. The van der Waals surface area contributed by atoms with E-state index in [2.05, 4.69) is 26.1 Å². The molecule has 1 unspecified atom stereocenters. The summed E-state index contributed by atoms with van der Waals surface area (Å²) in [5, 5.41) is 3.60. The normalized spacial score (nSPS) is 16.3. The summed E-state index contributed by atoms with van der Waals surface area (Å²) < 4.78 is 19.5. The lowest BCUT2D eigenvalue weighted by Crippen LogP contribution is -2.43. The highest BCUT2D eigenvalue weighted by atomic mass is 79.9. The molecule has 1 heterocycles. The van der Waals surface area contributed by atoms with Crippen molar-refractivity contribution >= 4 is 33.4 Å². The van der Waals surface area contributed by atoms with Gasteiger partial charge in [0.2, 0.25) is 0 Å². The predicted octanol–water partition coefficient (Wildman–Crippen LogP) is 4.04. The van der Waals surface area contributed by atoms with Crippen LogP contribution in [0.15, 0.2) is 46.9 Å². The van der Waals surface area contributed by atoms with E-state index in [4.69, 9.17) is 16.3 Å². The van der Waals surface area contributed by atoms with Gasteiger partial charge in [-0.05, 0) is 51.8 Å². The van der Waals surface area contributed by atoms with Gasteiger partial charge < -0.3 is 10.1 Å². The first-order chi connectivity index (χ1) is 12.5. The molecule has 1 N–H and O–H groups in total. The van der Waals surface area contributed by atoms with Gasteiger partial charge in [-0.2, -0.15) is 0 Å². The smallest absolute Gasteiger partial charge is 0.252 e. The van der Waals surface area contributed by atoms with Crippen LogP contribution in [0.2, 0.25) is 5.02 Å². The Kier molecular flexibility index (Phi) is 6.64. The third-order valence-corrected chi connectivity index (χ3v) is 5.31. The highest BCUT2D eigenvalue weighted by Gasteiger charge is 2.24. The van der Waals surface area contributed by atoms with E-state index >= 15 is 0 Å². The third-order valence-electron chi connectivity index (χ3n) is 4.37. The van der Waals surface area contributed by atoms with Gasteiger partial charge in [0.15, 0.2) is 0 Å². The highest BCUT2D eigenvalue weighted by molar-refractivity contribution is 9.10. The minimum atomic E-state index is -0.444. The number of ether oxygens (including phenoxy) is 1. The van der Waals surface area contributed by atoms with E-state index in [9.17, 15) is 9.18 Å². The molecule has 0 spiro atoms. The number of hydrogen-bond donors (Lipinski definition) is 1. The Hall–Kier alpha value is -1.47. The summed E-state index contributed by atoms with van der Waals surface area (Å²) in [4.78, 5) is 14.8. The number of morpholine rings is 1. The van der Waals surface area contributed by atoms with Crippen LogP contribution in [0, 0.1) is 5.82 Å². The summed E-state index contributed by atoms with van der Waals surface area (Å²) in [6, 6.07) is 11.7. The summed E-state index contributed by atoms with van der Waals surface area (Å²) >= 11 is 9.30. The van der Waals surface area contributed by atoms with Crippen molar-refractivity contribution in [2.24, 2.45) is 0 Å². The Bertz CT molecular complexity index is 767. The molecule has 0 aliphatic carbocycles. The van der Waals surface area contributed by atoms with E-state index in [1.54, 1.807) is 0 Å². The fraction of sp³-hybridized carbons (Fsp3) is 0.316. The van der Waals surface area contributed by atoms with Crippen molar-refractivity contribution in [1.29, 1.82) is 0 Å². The van der Waals surface area contributed by atoms with Gasteiger partial charge in [0, 0.05) is 29.1 Å². The summed E-state index contributed by atoms with van der Waals surface area (Å²) in [5.41, 5.74) is 1.34. The van der Waals surface area contributed by atoms with Gasteiger partial charge in [-0.1, -0.05) is 23.7 Å². The maximum Gasteiger partial charge on any atom is 0.252 e. The number of hydrogen-bond acceptors (Lipinski definition) is 3. The maximum atomic E-state index is 13.5. The number of nitrogens with one attached hydrogen (secondary N) is 1. The monoisotopic (exact) mass is 440 g/mol. The average molecular weight is 442 g/mol. The van der Waals surface area contributed by atoms with E-state index in [1.165, 1.54) is 18.2 Å². The van der Waals surface area contributed by atoms with Gasteiger partial charge in [0.1, 0.15) is 5.82 Å². The average Bonchev–Trinajstić information content (AvgIpc) is 2.66. The lowest BCUT2D eigenvalue weighted by atomic mass is 10.0.